The van der Waals surface area contributed by atoms with Crippen molar-refractivity contribution in [1.82, 2.24) is 10.2 Å². The van der Waals surface area contributed by atoms with E-state index in [-0.39, 0.29) is 17.9 Å². The van der Waals surface area contributed by atoms with E-state index < -0.39 is 29.7 Å². The van der Waals surface area contributed by atoms with Crippen LogP contribution in [0.1, 0.15) is 45.6 Å². The SMILES string of the molecule is COC(=O)[C@@H]1C[C@H](Cc2ccccc2)[C@@H]2CC[C@H](NC(=O)OC(C)(C)C)C(=O)N12. The molecule has 2 saturated heterocycles. The highest BCUT2D eigenvalue weighted by Gasteiger charge is 2.51. The van der Waals surface area contributed by atoms with Gasteiger partial charge in [0.05, 0.1) is 7.11 Å². The lowest BCUT2D eigenvalue weighted by atomic mass is 9.86. The number of carbonyl (C=O) groups excluding carboxylic acids is 3. The molecule has 0 bridgehead atoms. The van der Waals surface area contributed by atoms with Gasteiger partial charge in [0.1, 0.15) is 17.7 Å². The zero-order valence-electron chi connectivity index (χ0n) is 17.5. The second-order valence-corrected chi connectivity index (χ2v) is 8.81. The number of carbonyl (C=O) groups is 3. The van der Waals surface area contributed by atoms with E-state index in [1.165, 1.54) is 12.7 Å². The maximum atomic E-state index is 13.2. The molecule has 0 spiro atoms. The van der Waals surface area contributed by atoms with Crippen molar-refractivity contribution < 1.29 is 23.9 Å². The van der Waals surface area contributed by atoms with Gasteiger partial charge in [-0.05, 0) is 57.9 Å². The maximum absolute atomic E-state index is 13.2. The minimum atomic E-state index is -0.691. The lowest BCUT2D eigenvalue weighted by Gasteiger charge is -2.38. The van der Waals surface area contributed by atoms with Crippen molar-refractivity contribution >= 4 is 18.0 Å². The summed E-state index contributed by atoms with van der Waals surface area (Å²) in [5, 5.41) is 2.68. The molecule has 7 nitrogen and oxygen atoms in total. The average molecular weight is 402 g/mol. The van der Waals surface area contributed by atoms with E-state index in [2.05, 4.69) is 17.4 Å². The van der Waals surface area contributed by atoms with Gasteiger partial charge in [0, 0.05) is 6.04 Å². The number of hydrogen-bond acceptors (Lipinski definition) is 5. The number of nitrogens with one attached hydrogen (secondary N) is 1. The average Bonchev–Trinajstić information content (AvgIpc) is 3.02. The van der Waals surface area contributed by atoms with E-state index in [1.54, 1.807) is 25.7 Å². The molecule has 29 heavy (non-hydrogen) atoms. The summed E-state index contributed by atoms with van der Waals surface area (Å²) in [6.45, 7) is 5.31. The number of ether oxygens (including phenoxy) is 2. The van der Waals surface area contributed by atoms with Crippen molar-refractivity contribution in [3.63, 3.8) is 0 Å². The molecule has 0 aromatic heterocycles. The molecule has 1 aromatic carbocycles. The fourth-order valence-corrected chi connectivity index (χ4v) is 4.41. The van der Waals surface area contributed by atoms with Crippen molar-refractivity contribution in [3.8, 4) is 0 Å². The van der Waals surface area contributed by atoms with Gasteiger partial charge in [-0.3, -0.25) is 4.79 Å². The standard InChI is InChI=1S/C22H30N2O5/c1-22(2,3)29-21(27)23-16-10-11-17-15(12-14-8-6-5-7-9-14)13-18(20(26)28-4)24(17)19(16)25/h5-9,15-18H,10-13H2,1-4H3,(H,23,27)/t15-,16-,17-,18-/m0/s1. The number of methoxy groups -OCH3 is 1. The second kappa shape index (κ2) is 8.43. The van der Waals surface area contributed by atoms with Crippen molar-refractivity contribution in [1.29, 1.82) is 0 Å². The van der Waals surface area contributed by atoms with Crippen LogP contribution in [0.4, 0.5) is 4.79 Å². The number of alkyl carbamates (subject to hydrolysis) is 1. The highest BCUT2D eigenvalue weighted by molar-refractivity contribution is 5.91. The predicted molar refractivity (Wildman–Crippen MR) is 107 cm³/mol. The molecule has 0 saturated carbocycles. The summed E-state index contributed by atoms with van der Waals surface area (Å²) < 4.78 is 10.3. The van der Waals surface area contributed by atoms with Crippen molar-refractivity contribution in [2.75, 3.05) is 7.11 Å². The molecule has 2 aliphatic heterocycles. The first-order chi connectivity index (χ1) is 13.7. The van der Waals surface area contributed by atoms with Gasteiger partial charge in [-0.2, -0.15) is 0 Å². The Hall–Kier alpha value is -2.57. The Bertz CT molecular complexity index is 758. The molecule has 2 heterocycles. The zero-order chi connectivity index (χ0) is 21.2. The van der Waals surface area contributed by atoms with Gasteiger partial charge in [0.25, 0.3) is 0 Å². The lowest BCUT2D eigenvalue weighted by Crippen LogP contribution is -2.58. The van der Waals surface area contributed by atoms with Crippen LogP contribution in [0.3, 0.4) is 0 Å². The number of amides is 2. The summed E-state index contributed by atoms with van der Waals surface area (Å²) in [7, 11) is 1.34. The Morgan fingerprint density at radius 1 is 1.17 bits per heavy atom. The fraction of sp³-hybridized carbons (Fsp3) is 0.591. The Labute approximate surface area is 171 Å². The molecule has 2 amide bonds. The lowest BCUT2D eigenvalue weighted by molar-refractivity contribution is -0.154. The molecule has 1 aromatic rings. The molecule has 4 atom stereocenters. The molecule has 3 rings (SSSR count). The largest absolute Gasteiger partial charge is 0.467 e. The van der Waals surface area contributed by atoms with Crippen LogP contribution in [0.15, 0.2) is 30.3 Å². The minimum Gasteiger partial charge on any atom is -0.467 e. The number of nitrogens with zero attached hydrogens (tertiary/aromatic N) is 1. The van der Waals surface area contributed by atoms with E-state index in [0.717, 1.165) is 12.8 Å². The third kappa shape index (κ3) is 4.89. The highest BCUT2D eigenvalue weighted by Crippen LogP contribution is 2.39. The predicted octanol–water partition coefficient (Wildman–Crippen LogP) is 2.67. The normalized spacial score (nSPS) is 26.6. The minimum absolute atomic E-state index is 0.0384. The Balaban J connectivity index is 1.75. The number of piperidine rings is 1. The molecule has 7 heteroatoms. The number of benzene rings is 1. The smallest absolute Gasteiger partial charge is 0.408 e. The third-order valence-electron chi connectivity index (χ3n) is 5.57. The molecule has 2 aliphatic rings. The fourth-order valence-electron chi connectivity index (χ4n) is 4.41. The summed E-state index contributed by atoms with van der Waals surface area (Å²) in [6.07, 6.45) is 1.99. The second-order valence-electron chi connectivity index (χ2n) is 8.81. The topological polar surface area (TPSA) is 84.9 Å². The Morgan fingerprint density at radius 2 is 1.86 bits per heavy atom. The molecule has 1 N–H and O–H groups in total. The van der Waals surface area contributed by atoms with Crippen LogP contribution < -0.4 is 5.32 Å². The van der Waals surface area contributed by atoms with Gasteiger partial charge in [-0.25, -0.2) is 9.59 Å². The number of rotatable bonds is 4. The summed E-state index contributed by atoms with van der Waals surface area (Å²) >= 11 is 0. The monoisotopic (exact) mass is 402 g/mol. The van der Waals surface area contributed by atoms with Crippen molar-refractivity contribution in [2.24, 2.45) is 5.92 Å². The summed E-state index contributed by atoms with van der Waals surface area (Å²) in [5.41, 5.74) is 0.539. The van der Waals surface area contributed by atoms with Gasteiger partial charge >= 0.3 is 12.1 Å². The molecule has 0 unspecified atom stereocenters. The van der Waals surface area contributed by atoms with Gasteiger partial charge in [-0.15, -0.1) is 0 Å². The first-order valence-corrected chi connectivity index (χ1v) is 10.1. The summed E-state index contributed by atoms with van der Waals surface area (Å²) in [4.78, 5) is 39.4. The Morgan fingerprint density at radius 3 is 2.48 bits per heavy atom. The first kappa shape index (κ1) is 21.1. The van der Waals surface area contributed by atoms with E-state index in [1.807, 2.05) is 18.2 Å². The molecule has 0 radical (unpaired) electrons. The Kier molecular flexibility index (Phi) is 6.15. The molecular formula is C22H30N2O5. The van der Waals surface area contributed by atoms with Gasteiger partial charge in [-0.1, -0.05) is 30.3 Å². The van der Waals surface area contributed by atoms with Crippen LogP contribution in [0.2, 0.25) is 0 Å². The van der Waals surface area contributed by atoms with Crippen LogP contribution in [0, 0.1) is 5.92 Å². The van der Waals surface area contributed by atoms with Crippen molar-refractivity contribution in [3.05, 3.63) is 35.9 Å². The van der Waals surface area contributed by atoms with Crippen LogP contribution >= 0.6 is 0 Å². The van der Waals surface area contributed by atoms with E-state index in [0.29, 0.717) is 12.8 Å². The van der Waals surface area contributed by atoms with Crippen molar-refractivity contribution in [2.45, 2.75) is 70.2 Å². The van der Waals surface area contributed by atoms with E-state index >= 15 is 0 Å². The van der Waals surface area contributed by atoms with Crippen LogP contribution in [0.5, 0.6) is 0 Å². The van der Waals surface area contributed by atoms with Gasteiger partial charge in [0.2, 0.25) is 5.91 Å². The summed E-state index contributed by atoms with van der Waals surface area (Å²) in [5.74, 6) is -0.470. The van der Waals surface area contributed by atoms with Crippen LogP contribution in [-0.2, 0) is 25.5 Å². The van der Waals surface area contributed by atoms with Gasteiger partial charge in [0.15, 0.2) is 0 Å². The molecule has 2 fully saturated rings. The van der Waals surface area contributed by atoms with E-state index in [9.17, 15) is 14.4 Å². The quantitative estimate of drug-likeness (QED) is 0.783. The van der Waals surface area contributed by atoms with Crippen LogP contribution in [-0.4, -0.2) is 53.7 Å². The number of fused-ring (bicyclic) bond motifs is 1. The highest BCUT2D eigenvalue weighted by atomic mass is 16.6. The van der Waals surface area contributed by atoms with Gasteiger partial charge < -0.3 is 19.7 Å². The molecule has 0 aliphatic carbocycles. The summed E-state index contributed by atoms with van der Waals surface area (Å²) in [6, 6.07) is 8.74. The van der Waals surface area contributed by atoms with Crippen LogP contribution in [0.25, 0.3) is 0 Å². The third-order valence-corrected chi connectivity index (χ3v) is 5.57. The molecule has 158 valence electrons. The maximum Gasteiger partial charge on any atom is 0.408 e. The van der Waals surface area contributed by atoms with E-state index in [4.69, 9.17) is 9.47 Å². The number of hydrogen-bond donors (Lipinski definition) is 1. The zero-order valence-corrected chi connectivity index (χ0v) is 17.5. The first-order valence-electron chi connectivity index (χ1n) is 10.1. The molecular weight excluding hydrogens is 372 g/mol. The number of esters is 1.